The molecule has 5 nitrogen and oxygen atoms in total. The Labute approximate surface area is 205 Å². The van der Waals surface area contributed by atoms with Crippen LogP contribution in [0.1, 0.15) is 35.1 Å². The highest BCUT2D eigenvalue weighted by atomic mass is 32.1. The minimum atomic E-state index is -0.503. The minimum Gasteiger partial charge on any atom is -0.361 e. The van der Waals surface area contributed by atoms with E-state index in [2.05, 4.69) is 57.4 Å². The lowest BCUT2D eigenvalue weighted by Crippen LogP contribution is -2.46. The van der Waals surface area contributed by atoms with Gasteiger partial charge in [-0.1, -0.05) is 30.3 Å². The Balaban J connectivity index is 1.31. The number of rotatable bonds is 8. The Morgan fingerprint density at radius 2 is 1.85 bits per heavy atom. The summed E-state index contributed by atoms with van der Waals surface area (Å²) in [4.78, 5) is 7.09. The lowest BCUT2D eigenvalue weighted by atomic mass is 9.81. The zero-order valence-electron chi connectivity index (χ0n) is 20.0. The molecule has 0 bridgehead atoms. The largest absolute Gasteiger partial charge is 0.361 e. The van der Waals surface area contributed by atoms with Gasteiger partial charge in [-0.05, 0) is 85.5 Å². The molecule has 3 aromatic rings. The summed E-state index contributed by atoms with van der Waals surface area (Å²) in [5, 5.41) is 2.04. The Kier molecular flexibility index (Phi) is 6.97. The lowest BCUT2D eigenvalue weighted by Gasteiger charge is -2.35. The highest BCUT2D eigenvalue weighted by Crippen LogP contribution is 2.45. The number of fused-ring (bicyclic) bond motifs is 1. The average Bonchev–Trinajstić information content (AvgIpc) is 3.49. The summed E-state index contributed by atoms with van der Waals surface area (Å²) in [6.45, 7) is 6.63. The molecule has 2 aliphatic rings. The van der Waals surface area contributed by atoms with E-state index in [1.165, 1.54) is 28.2 Å². The molecule has 180 valence electrons. The van der Waals surface area contributed by atoms with Gasteiger partial charge in [0, 0.05) is 38.1 Å². The van der Waals surface area contributed by atoms with Crippen molar-refractivity contribution in [3.8, 4) is 0 Å². The molecule has 0 saturated carbocycles. The van der Waals surface area contributed by atoms with E-state index in [1.807, 2.05) is 17.5 Å². The Bertz CT molecular complexity index is 1080. The smallest absolute Gasteiger partial charge is 0.142 e. The number of anilines is 1. The van der Waals surface area contributed by atoms with Crippen LogP contribution >= 0.6 is 11.5 Å². The molecule has 7 heteroatoms. The molecule has 0 radical (unpaired) electrons. The second-order valence-corrected chi connectivity index (χ2v) is 10.3. The van der Waals surface area contributed by atoms with Gasteiger partial charge in [-0.15, -0.1) is 0 Å². The molecule has 2 aliphatic heterocycles. The second-order valence-electron chi connectivity index (χ2n) is 9.64. The molecular weight excluding hydrogens is 447 g/mol. The minimum absolute atomic E-state index is 0.212. The van der Waals surface area contributed by atoms with Crippen molar-refractivity contribution in [2.75, 3.05) is 51.7 Å². The van der Waals surface area contributed by atoms with Crippen LogP contribution in [0.25, 0.3) is 0 Å². The number of halogens is 1. The summed E-state index contributed by atoms with van der Waals surface area (Å²) in [6, 6.07) is 15.8. The van der Waals surface area contributed by atoms with Crippen molar-refractivity contribution < 1.29 is 9.13 Å². The van der Waals surface area contributed by atoms with Crippen molar-refractivity contribution in [3.05, 3.63) is 82.0 Å². The van der Waals surface area contributed by atoms with Gasteiger partial charge < -0.3 is 14.5 Å². The third-order valence-electron chi connectivity index (χ3n) is 7.05. The number of hydrogen-bond acceptors (Lipinski definition) is 6. The van der Waals surface area contributed by atoms with Gasteiger partial charge >= 0.3 is 0 Å². The zero-order valence-corrected chi connectivity index (χ0v) is 20.9. The predicted octanol–water partition coefficient (Wildman–Crippen LogP) is 4.72. The molecule has 1 unspecified atom stereocenters. The lowest BCUT2D eigenvalue weighted by molar-refractivity contribution is -0.0140. The maximum absolute atomic E-state index is 13.7. The van der Waals surface area contributed by atoms with Crippen molar-refractivity contribution in [2.45, 2.75) is 31.6 Å². The van der Waals surface area contributed by atoms with Gasteiger partial charge in [0.05, 0.1) is 6.61 Å². The molecule has 0 amide bonds. The zero-order chi connectivity index (χ0) is 23.5. The molecular formula is C27H33FN4OS. The molecule has 1 fully saturated rings. The number of hydrogen-bond donors (Lipinski definition) is 0. The topological polar surface area (TPSA) is 31.8 Å². The van der Waals surface area contributed by atoms with E-state index < -0.39 is 5.60 Å². The van der Waals surface area contributed by atoms with Crippen LogP contribution in [0.2, 0.25) is 0 Å². The van der Waals surface area contributed by atoms with E-state index in [4.69, 9.17) is 4.74 Å². The summed E-state index contributed by atoms with van der Waals surface area (Å²) in [5.74, 6) is 0.890. The van der Waals surface area contributed by atoms with Crippen LogP contribution in [-0.4, -0.2) is 61.0 Å². The highest BCUT2D eigenvalue weighted by molar-refractivity contribution is 7.03. The molecule has 34 heavy (non-hydrogen) atoms. The van der Waals surface area contributed by atoms with Crippen molar-refractivity contribution in [1.82, 2.24) is 14.2 Å². The summed E-state index contributed by atoms with van der Waals surface area (Å²) < 4.78 is 24.7. The first-order chi connectivity index (χ1) is 16.5. The van der Waals surface area contributed by atoms with Gasteiger partial charge in [0.2, 0.25) is 0 Å². The third-order valence-corrected chi connectivity index (χ3v) is 7.60. The SMILES string of the molecule is CN(C)CCCC1(c2ccc(F)cc2)OCc2cc(CN3CCN(c4ccsn4)CC3)ccc21. The van der Waals surface area contributed by atoms with E-state index in [9.17, 15) is 4.39 Å². The summed E-state index contributed by atoms with van der Waals surface area (Å²) in [6.07, 6.45) is 1.89. The molecule has 0 aliphatic carbocycles. The monoisotopic (exact) mass is 480 g/mol. The highest BCUT2D eigenvalue weighted by Gasteiger charge is 2.41. The van der Waals surface area contributed by atoms with Crippen LogP contribution in [0, 0.1) is 5.82 Å². The molecule has 1 aromatic heterocycles. The van der Waals surface area contributed by atoms with Crippen LogP contribution in [0.5, 0.6) is 0 Å². The van der Waals surface area contributed by atoms with E-state index in [1.54, 1.807) is 12.1 Å². The summed E-state index contributed by atoms with van der Waals surface area (Å²) >= 11 is 1.51. The third kappa shape index (κ3) is 4.89. The molecule has 1 saturated heterocycles. The number of nitrogens with zero attached hydrogens (tertiary/aromatic N) is 4. The maximum Gasteiger partial charge on any atom is 0.142 e. The van der Waals surface area contributed by atoms with Crippen LogP contribution in [0.15, 0.2) is 53.9 Å². The van der Waals surface area contributed by atoms with Gasteiger partial charge in [0.1, 0.15) is 17.2 Å². The molecule has 2 aromatic carbocycles. The van der Waals surface area contributed by atoms with Gasteiger partial charge in [0.25, 0.3) is 0 Å². The van der Waals surface area contributed by atoms with Crippen LogP contribution in [0.4, 0.5) is 10.2 Å². The van der Waals surface area contributed by atoms with Crippen LogP contribution in [0.3, 0.4) is 0 Å². The fourth-order valence-corrected chi connectivity index (χ4v) is 5.78. The fraction of sp³-hybridized carbons (Fsp3) is 0.444. The second kappa shape index (κ2) is 10.1. The van der Waals surface area contributed by atoms with Crippen molar-refractivity contribution in [3.63, 3.8) is 0 Å². The van der Waals surface area contributed by atoms with Gasteiger partial charge in [-0.2, -0.15) is 4.37 Å². The first kappa shape index (κ1) is 23.4. The molecule has 1 atom stereocenters. The summed E-state index contributed by atoms with van der Waals surface area (Å²) in [5.41, 5.74) is 4.35. The van der Waals surface area contributed by atoms with E-state index in [-0.39, 0.29) is 5.82 Å². The molecule has 5 rings (SSSR count). The summed E-state index contributed by atoms with van der Waals surface area (Å²) in [7, 11) is 4.19. The van der Waals surface area contributed by atoms with Crippen LogP contribution < -0.4 is 4.90 Å². The van der Waals surface area contributed by atoms with Crippen LogP contribution in [-0.2, 0) is 23.5 Å². The van der Waals surface area contributed by atoms with Gasteiger partial charge in [-0.3, -0.25) is 4.90 Å². The molecule has 0 spiro atoms. The standard InChI is InChI=1S/C27H33FN4OS/c1-30(2)12-3-11-27(23-5-7-24(28)8-6-23)25-9-4-21(18-22(25)20-33-27)19-31-13-15-32(16-14-31)26-10-17-34-29-26/h4-10,17-18H,3,11-16,19-20H2,1-2H3. The number of ether oxygens (including phenoxy) is 1. The quantitative estimate of drug-likeness (QED) is 0.466. The van der Waals surface area contributed by atoms with Crippen molar-refractivity contribution in [1.29, 1.82) is 0 Å². The Morgan fingerprint density at radius 3 is 2.56 bits per heavy atom. The van der Waals surface area contributed by atoms with Gasteiger partial charge in [-0.25, -0.2) is 4.39 Å². The van der Waals surface area contributed by atoms with Gasteiger partial charge in [0.15, 0.2) is 0 Å². The van der Waals surface area contributed by atoms with Crippen molar-refractivity contribution in [2.24, 2.45) is 0 Å². The first-order valence-electron chi connectivity index (χ1n) is 12.1. The molecule has 0 N–H and O–H groups in total. The fourth-order valence-electron chi connectivity index (χ4n) is 5.25. The van der Waals surface area contributed by atoms with Crippen molar-refractivity contribution >= 4 is 17.4 Å². The number of aromatic nitrogens is 1. The average molecular weight is 481 g/mol. The molecule has 3 heterocycles. The maximum atomic E-state index is 13.7. The first-order valence-corrected chi connectivity index (χ1v) is 12.9. The number of benzene rings is 2. The van der Waals surface area contributed by atoms with E-state index in [0.29, 0.717) is 6.61 Å². The van der Waals surface area contributed by atoms with E-state index >= 15 is 0 Å². The Hall–Kier alpha value is -2.32. The Morgan fingerprint density at radius 1 is 1.06 bits per heavy atom. The number of piperazine rings is 1. The van der Waals surface area contributed by atoms with E-state index in [0.717, 1.165) is 63.5 Å². The predicted molar refractivity (Wildman–Crippen MR) is 136 cm³/mol. The normalized spacial score (nSPS) is 20.8.